The van der Waals surface area contributed by atoms with Gasteiger partial charge in [-0.2, -0.15) is 0 Å². The van der Waals surface area contributed by atoms with Crippen LogP contribution in [-0.4, -0.2) is 73.8 Å². The summed E-state index contributed by atoms with van der Waals surface area (Å²) in [5.41, 5.74) is 3.50. The van der Waals surface area contributed by atoms with E-state index >= 15 is 0 Å². The Morgan fingerprint density at radius 1 is 1.02 bits per heavy atom. The quantitative estimate of drug-likeness (QED) is 0.0713. The maximum absolute atomic E-state index is 12.9. The van der Waals surface area contributed by atoms with E-state index in [2.05, 4.69) is 82.8 Å². The number of ketones is 1. The van der Waals surface area contributed by atoms with Gasteiger partial charge < -0.3 is 32.2 Å². The van der Waals surface area contributed by atoms with Crippen molar-refractivity contribution < 1.29 is 41.8 Å². The Morgan fingerprint density at radius 2 is 1.75 bits per heavy atom. The van der Waals surface area contributed by atoms with Crippen molar-refractivity contribution in [1.82, 2.24) is 9.97 Å². The maximum Gasteiger partial charge on any atom is 0.384 e. The van der Waals surface area contributed by atoms with Crippen LogP contribution in [0.15, 0.2) is 45.2 Å². The first kappa shape index (κ1) is 42.5. The van der Waals surface area contributed by atoms with Gasteiger partial charge in [-0.25, -0.2) is 14.8 Å². The van der Waals surface area contributed by atoms with Crippen molar-refractivity contribution in [2.75, 3.05) is 7.11 Å². The second kappa shape index (κ2) is 18.1. The molecule has 300 valence electrons. The number of rotatable bonds is 11. The number of aryl methyl sites for hydroxylation is 1. The fourth-order valence-electron chi connectivity index (χ4n) is 7.53. The molecular formula is C43H60N2O9Si. The van der Waals surface area contributed by atoms with Crippen LogP contribution in [0.3, 0.4) is 0 Å². The molecule has 5 rings (SSSR count). The van der Waals surface area contributed by atoms with Crippen molar-refractivity contribution in [2.45, 2.75) is 154 Å². The third-order valence-electron chi connectivity index (χ3n) is 11.5. The Labute approximate surface area is 327 Å². The Kier molecular flexibility index (Phi) is 14.0. The molecular weight excluding hydrogens is 717 g/mol. The Balaban J connectivity index is 1.23. The molecule has 0 unspecified atom stereocenters. The summed E-state index contributed by atoms with van der Waals surface area (Å²) in [6.07, 6.45) is 11.2. The highest BCUT2D eigenvalue weighted by molar-refractivity contribution is 6.74. The number of methoxy groups -OCH3 is 1. The molecule has 3 fully saturated rings. The number of carbonyl (C=O) groups excluding carboxylic acids is 2. The minimum Gasteiger partial charge on any atom is -0.459 e. The van der Waals surface area contributed by atoms with Crippen molar-refractivity contribution in [1.29, 1.82) is 0 Å². The van der Waals surface area contributed by atoms with Crippen LogP contribution in [0.4, 0.5) is 0 Å². The SMILES string of the molecule is C=C1C[C@H](C[C@@H]2CC(=O)C[C@H](c3coc(/C=C/C[C@H]4O[C@@H](/C(C)=C/c5coc(C)n5)[C@H](C)[C@@H](O[Si](C)(C)C(C)(C)C)[C@H]4C)n3)O2)O[C@@H](CC#CC(=O)OC)C1. The molecule has 3 aliphatic heterocycles. The molecule has 9 atom stereocenters. The van der Waals surface area contributed by atoms with E-state index in [1.54, 1.807) is 12.5 Å². The van der Waals surface area contributed by atoms with E-state index < -0.39 is 20.4 Å². The lowest BCUT2D eigenvalue weighted by molar-refractivity contribution is -0.143. The average molecular weight is 777 g/mol. The lowest BCUT2D eigenvalue weighted by atomic mass is 9.79. The lowest BCUT2D eigenvalue weighted by Crippen LogP contribution is -2.55. The number of hydrogen-bond donors (Lipinski definition) is 0. The number of ether oxygens (including phenoxy) is 4. The number of hydrogen-bond acceptors (Lipinski definition) is 11. The topological polar surface area (TPSA) is 132 Å². The summed E-state index contributed by atoms with van der Waals surface area (Å²) in [5, 5.41) is 0.0687. The number of nitrogens with zero attached hydrogens (tertiary/aromatic N) is 2. The van der Waals surface area contributed by atoms with Gasteiger partial charge in [-0.15, -0.1) is 0 Å². The zero-order valence-corrected chi connectivity index (χ0v) is 35.3. The molecule has 0 N–H and O–H groups in total. The van der Waals surface area contributed by atoms with Gasteiger partial charge in [0.05, 0.1) is 43.7 Å². The lowest BCUT2D eigenvalue weighted by Gasteiger charge is -2.49. The van der Waals surface area contributed by atoms with E-state index in [1.807, 2.05) is 25.2 Å². The van der Waals surface area contributed by atoms with Gasteiger partial charge in [-0.05, 0) is 62.0 Å². The summed E-state index contributed by atoms with van der Waals surface area (Å²) in [6, 6.07) is 0. The zero-order valence-electron chi connectivity index (χ0n) is 34.3. The monoisotopic (exact) mass is 776 g/mol. The molecule has 11 nitrogen and oxygen atoms in total. The molecule has 55 heavy (non-hydrogen) atoms. The number of esters is 1. The van der Waals surface area contributed by atoms with Gasteiger partial charge in [-0.1, -0.05) is 58.8 Å². The molecule has 0 aromatic carbocycles. The van der Waals surface area contributed by atoms with E-state index in [1.165, 1.54) is 7.11 Å². The van der Waals surface area contributed by atoms with E-state index in [0.29, 0.717) is 56.0 Å². The molecule has 0 radical (unpaired) electrons. The molecule has 3 saturated heterocycles. The summed E-state index contributed by atoms with van der Waals surface area (Å²) in [7, 11) is -0.788. The van der Waals surface area contributed by atoms with Crippen LogP contribution in [0.1, 0.15) is 116 Å². The van der Waals surface area contributed by atoms with Gasteiger partial charge in [0.1, 0.15) is 35.8 Å². The highest BCUT2D eigenvalue weighted by Crippen LogP contribution is 2.44. The highest BCUT2D eigenvalue weighted by atomic mass is 28.4. The molecule has 0 amide bonds. The maximum atomic E-state index is 12.9. The Morgan fingerprint density at radius 3 is 2.44 bits per heavy atom. The minimum absolute atomic E-state index is 0.00548. The van der Waals surface area contributed by atoms with Gasteiger partial charge >= 0.3 is 5.97 Å². The molecule has 12 heteroatoms. The fraction of sp³-hybridized carbons (Fsp3) is 0.628. The van der Waals surface area contributed by atoms with Crippen molar-refractivity contribution >= 4 is 32.2 Å². The summed E-state index contributed by atoms with van der Waals surface area (Å²) in [4.78, 5) is 33.5. The first-order valence-electron chi connectivity index (χ1n) is 19.5. The third-order valence-corrected chi connectivity index (χ3v) is 16.0. The van der Waals surface area contributed by atoms with Crippen molar-refractivity contribution in [2.24, 2.45) is 11.8 Å². The van der Waals surface area contributed by atoms with Gasteiger partial charge in [0.15, 0.2) is 14.2 Å². The molecule has 0 saturated carbocycles. The number of Topliss-reactive ketones (excluding diaryl/α,β-unsaturated/α-hetero) is 1. The smallest absolute Gasteiger partial charge is 0.384 e. The van der Waals surface area contributed by atoms with Crippen LogP contribution >= 0.6 is 0 Å². The van der Waals surface area contributed by atoms with Gasteiger partial charge in [0.2, 0.25) is 5.89 Å². The molecule has 0 aliphatic carbocycles. The van der Waals surface area contributed by atoms with Gasteiger partial charge in [0, 0.05) is 50.4 Å². The summed E-state index contributed by atoms with van der Waals surface area (Å²) < 4.78 is 42.6. The van der Waals surface area contributed by atoms with Crippen LogP contribution in [0.2, 0.25) is 18.1 Å². The van der Waals surface area contributed by atoms with Crippen molar-refractivity contribution in [3.63, 3.8) is 0 Å². The fourth-order valence-corrected chi connectivity index (χ4v) is 9.00. The van der Waals surface area contributed by atoms with Crippen LogP contribution in [0.5, 0.6) is 0 Å². The summed E-state index contributed by atoms with van der Waals surface area (Å²) in [6.45, 7) is 24.0. The summed E-state index contributed by atoms with van der Waals surface area (Å²) in [5.74, 6) is 6.16. The van der Waals surface area contributed by atoms with E-state index in [4.69, 9.17) is 32.5 Å². The predicted molar refractivity (Wildman–Crippen MR) is 212 cm³/mol. The molecule has 2 aromatic rings. The average Bonchev–Trinajstić information content (AvgIpc) is 3.75. The largest absolute Gasteiger partial charge is 0.459 e. The summed E-state index contributed by atoms with van der Waals surface area (Å²) >= 11 is 0. The highest BCUT2D eigenvalue weighted by Gasteiger charge is 2.47. The molecule has 5 heterocycles. The first-order chi connectivity index (χ1) is 25.9. The second-order valence-electron chi connectivity index (χ2n) is 17.0. The standard InChI is InChI=1S/C43H60N2O9Si/c1-26-18-33(14-12-17-40(47)48-9)51-34(19-26)23-35-21-32(46)22-38(52-35)36-25-50-39(45-36)16-13-15-37-28(3)42(54-55(10,11)43(6,7)8)29(4)41(53-37)27(2)20-31-24-49-30(5)44-31/h13,16,20,24-25,28-29,33-35,37-38,41-42H,1,14-15,18-19,21-23H2,2-11H3/b16-13+,27-20+/t28-,29-,33-,34+,35-,37+,38+,41-,42-/m0/s1. The normalized spacial score (nSPS) is 29.6. The molecule has 2 aromatic heterocycles. The Bertz CT molecular complexity index is 1790. The van der Waals surface area contributed by atoms with Crippen LogP contribution in [-0.2, 0) is 33.0 Å². The van der Waals surface area contributed by atoms with Crippen molar-refractivity contribution in [3.8, 4) is 11.8 Å². The first-order valence-corrected chi connectivity index (χ1v) is 22.4. The van der Waals surface area contributed by atoms with E-state index in [-0.39, 0.29) is 65.7 Å². The number of oxazole rings is 2. The van der Waals surface area contributed by atoms with Crippen LogP contribution < -0.4 is 0 Å². The molecule has 3 aliphatic rings. The Hall–Kier alpha value is -3.60. The van der Waals surface area contributed by atoms with Gasteiger partial charge in [-0.3, -0.25) is 4.79 Å². The third kappa shape index (κ3) is 11.3. The number of aromatic nitrogens is 2. The van der Waals surface area contributed by atoms with Crippen LogP contribution in [0, 0.1) is 30.6 Å². The predicted octanol–water partition coefficient (Wildman–Crippen LogP) is 8.76. The van der Waals surface area contributed by atoms with Gasteiger partial charge in [0.25, 0.3) is 0 Å². The molecule has 0 bridgehead atoms. The van der Waals surface area contributed by atoms with Crippen LogP contribution in [0.25, 0.3) is 12.2 Å². The zero-order chi connectivity index (χ0) is 40.1. The second-order valence-corrected chi connectivity index (χ2v) is 21.8. The molecule has 0 spiro atoms. The number of carbonyl (C=O) groups is 2. The minimum atomic E-state index is -2.09. The van der Waals surface area contributed by atoms with E-state index in [9.17, 15) is 9.59 Å². The van der Waals surface area contributed by atoms with Crippen molar-refractivity contribution in [3.05, 3.63) is 59.5 Å². The van der Waals surface area contributed by atoms with E-state index in [0.717, 1.165) is 16.8 Å².